The Morgan fingerprint density at radius 1 is 1.12 bits per heavy atom. The topological polar surface area (TPSA) is 30.5 Å². The summed E-state index contributed by atoms with van der Waals surface area (Å²) in [4.78, 5) is 0. The first-order valence-corrected chi connectivity index (χ1v) is 6.71. The third-order valence-corrected chi connectivity index (χ3v) is 3.75. The van der Waals surface area contributed by atoms with Crippen molar-refractivity contribution in [1.82, 2.24) is 5.32 Å². The van der Waals surface area contributed by atoms with E-state index in [-0.39, 0.29) is 5.60 Å². The zero-order valence-electron chi connectivity index (χ0n) is 10.5. The van der Waals surface area contributed by atoms with Gasteiger partial charge in [0.15, 0.2) is 0 Å². The second kappa shape index (κ2) is 5.99. The van der Waals surface area contributed by atoms with Gasteiger partial charge in [-0.25, -0.2) is 0 Å². The number of ether oxygens (including phenoxy) is 2. The van der Waals surface area contributed by atoms with Gasteiger partial charge in [-0.1, -0.05) is 19.3 Å². The Morgan fingerprint density at radius 3 is 2.50 bits per heavy atom. The molecule has 0 radical (unpaired) electrons. The van der Waals surface area contributed by atoms with Crippen LogP contribution in [-0.4, -0.2) is 38.5 Å². The van der Waals surface area contributed by atoms with Crippen LogP contribution in [0.2, 0.25) is 0 Å². The van der Waals surface area contributed by atoms with Gasteiger partial charge in [0, 0.05) is 19.7 Å². The number of nitrogens with one attached hydrogen (secondary N) is 1. The molecule has 0 spiro atoms. The quantitative estimate of drug-likeness (QED) is 0.676. The van der Waals surface area contributed by atoms with Gasteiger partial charge >= 0.3 is 0 Å². The Kier molecular flexibility index (Phi) is 4.62. The SMILES string of the molecule is COCCOC1(CNC2CC2)CCCCC1. The minimum atomic E-state index is 0.110. The van der Waals surface area contributed by atoms with Crippen LogP contribution in [-0.2, 0) is 9.47 Å². The fourth-order valence-electron chi connectivity index (χ4n) is 2.53. The van der Waals surface area contributed by atoms with Crippen molar-refractivity contribution in [2.45, 2.75) is 56.6 Å². The molecule has 2 saturated carbocycles. The van der Waals surface area contributed by atoms with Gasteiger partial charge in [0.1, 0.15) is 0 Å². The minimum Gasteiger partial charge on any atom is -0.382 e. The maximum atomic E-state index is 6.10. The van der Waals surface area contributed by atoms with Gasteiger partial charge in [0.25, 0.3) is 0 Å². The van der Waals surface area contributed by atoms with Crippen LogP contribution in [0.15, 0.2) is 0 Å². The summed E-state index contributed by atoms with van der Waals surface area (Å²) < 4.78 is 11.2. The molecule has 2 fully saturated rings. The molecular formula is C13H25NO2. The third-order valence-electron chi connectivity index (χ3n) is 3.75. The van der Waals surface area contributed by atoms with Crippen LogP contribution < -0.4 is 5.32 Å². The molecule has 2 aliphatic rings. The molecule has 0 unspecified atom stereocenters. The first-order valence-electron chi connectivity index (χ1n) is 6.71. The molecule has 0 aromatic rings. The summed E-state index contributed by atoms with van der Waals surface area (Å²) >= 11 is 0. The highest BCUT2D eigenvalue weighted by Crippen LogP contribution is 2.32. The Morgan fingerprint density at radius 2 is 1.88 bits per heavy atom. The summed E-state index contributed by atoms with van der Waals surface area (Å²) in [5.41, 5.74) is 0.110. The predicted octanol–water partition coefficient (Wildman–Crippen LogP) is 2.10. The lowest BCUT2D eigenvalue weighted by Crippen LogP contribution is -2.46. The number of hydrogen-bond acceptors (Lipinski definition) is 3. The average Bonchev–Trinajstić information content (AvgIpc) is 3.12. The van der Waals surface area contributed by atoms with E-state index in [9.17, 15) is 0 Å². The molecule has 94 valence electrons. The molecule has 0 aliphatic heterocycles. The van der Waals surface area contributed by atoms with E-state index in [1.807, 2.05) is 0 Å². The fourth-order valence-corrected chi connectivity index (χ4v) is 2.53. The predicted molar refractivity (Wildman–Crippen MR) is 64.7 cm³/mol. The van der Waals surface area contributed by atoms with Crippen molar-refractivity contribution in [1.29, 1.82) is 0 Å². The van der Waals surface area contributed by atoms with Crippen molar-refractivity contribution in [3.05, 3.63) is 0 Å². The molecule has 0 atom stereocenters. The number of methoxy groups -OCH3 is 1. The molecule has 0 aromatic carbocycles. The lowest BCUT2D eigenvalue weighted by atomic mass is 9.84. The summed E-state index contributed by atoms with van der Waals surface area (Å²) in [6, 6.07) is 0.782. The van der Waals surface area contributed by atoms with E-state index in [0.29, 0.717) is 6.61 Å². The van der Waals surface area contributed by atoms with E-state index in [0.717, 1.165) is 19.2 Å². The monoisotopic (exact) mass is 227 g/mol. The molecule has 0 heterocycles. The molecule has 2 aliphatic carbocycles. The molecule has 16 heavy (non-hydrogen) atoms. The molecule has 2 rings (SSSR count). The lowest BCUT2D eigenvalue weighted by Gasteiger charge is -2.37. The van der Waals surface area contributed by atoms with E-state index < -0.39 is 0 Å². The molecule has 0 bridgehead atoms. The van der Waals surface area contributed by atoms with Crippen molar-refractivity contribution in [3.8, 4) is 0 Å². The van der Waals surface area contributed by atoms with Crippen molar-refractivity contribution < 1.29 is 9.47 Å². The van der Waals surface area contributed by atoms with Crippen molar-refractivity contribution in [2.24, 2.45) is 0 Å². The summed E-state index contributed by atoms with van der Waals surface area (Å²) in [6.07, 6.45) is 9.16. The molecule has 0 saturated heterocycles. The normalized spacial score (nSPS) is 24.6. The van der Waals surface area contributed by atoms with Crippen molar-refractivity contribution in [3.63, 3.8) is 0 Å². The van der Waals surface area contributed by atoms with Gasteiger partial charge in [-0.2, -0.15) is 0 Å². The van der Waals surface area contributed by atoms with Gasteiger partial charge in [-0.3, -0.25) is 0 Å². The smallest absolute Gasteiger partial charge is 0.0807 e. The van der Waals surface area contributed by atoms with E-state index >= 15 is 0 Å². The van der Waals surface area contributed by atoms with Gasteiger partial charge in [-0.15, -0.1) is 0 Å². The van der Waals surface area contributed by atoms with Crippen LogP contribution in [0.1, 0.15) is 44.9 Å². The lowest BCUT2D eigenvalue weighted by molar-refractivity contribution is -0.0824. The van der Waals surface area contributed by atoms with Crippen LogP contribution in [0.25, 0.3) is 0 Å². The number of hydrogen-bond donors (Lipinski definition) is 1. The summed E-state index contributed by atoms with van der Waals surface area (Å²) in [7, 11) is 1.74. The Hall–Kier alpha value is -0.120. The zero-order chi connectivity index (χ0) is 11.3. The second-order valence-electron chi connectivity index (χ2n) is 5.24. The van der Waals surface area contributed by atoms with Gasteiger partial charge < -0.3 is 14.8 Å². The Bertz CT molecular complexity index is 198. The minimum absolute atomic E-state index is 0.110. The fraction of sp³-hybridized carbons (Fsp3) is 1.00. The van der Waals surface area contributed by atoms with Crippen LogP contribution in [0, 0.1) is 0 Å². The Balaban J connectivity index is 1.77. The summed E-state index contributed by atoms with van der Waals surface area (Å²) in [5.74, 6) is 0. The molecule has 1 N–H and O–H groups in total. The summed E-state index contributed by atoms with van der Waals surface area (Å²) in [6.45, 7) is 2.50. The highest BCUT2D eigenvalue weighted by Gasteiger charge is 2.34. The maximum absolute atomic E-state index is 6.10. The van der Waals surface area contributed by atoms with E-state index in [4.69, 9.17) is 9.47 Å². The van der Waals surface area contributed by atoms with E-state index in [1.165, 1.54) is 44.9 Å². The standard InChI is InChI=1S/C13H25NO2/c1-15-9-10-16-13(7-3-2-4-8-13)11-14-12-5-6-12/h12,14H,2-11H2,1H3. The molecule has 0 aromatic heterocycles. The van der Waals surface area contributed by atoms with Gasteiger partial charge in [-0.05, 0) is 25.7 Å². The van der Waals surface area contributed by atoms with E-state index in [2.05, 4.69) is 5.32 Å². The first kappa shape index (κ1) is 12.3. The molecule has 3 heteroatoms. The van der Waals surface area contributed by atoms with Crippen molar-refractivity contribution >= 4 is 0 Å². The third kappa shape index (κ3) is 3.72. The average molecular weight is 227 g/mol. The van der Waals surface area contributed by atoms with Crippen molar-refractivity contribution in [2.75, 3.05) is 26.9 Å². The highest BCUT2D eigenvalue weighted by atomic mass is 16.5. The van der Waals surface area contributed by atoms with E-state index in [1.54, 1.807) is 7.11 Å². The van der Waals surface area contributed by atoms with Gasteiger partial charge in [0.05, 0.1) is 18.8 Å². The van der Waals surface area contributed by atoms with Crippen LogP contribution >= 0.6 is 0 Å². The largest absolute Gasteiger partial charge is 0.382 e. The Labute approximate surface area is 98.9 Å². The first-order chi connectivity index (χ1) is 7.85. The van der Waals surface area contributed by atoms with Crippen LogP contribution in [0.5, 0.6) is 0 Å². The highest BCUT2D eigenvalue weighted by molar-refractivity contribution is 4.91. The number of rotatable bonds is 7. The maximum Gasteiger partial charge on any atom is 0.0807 e. The zero-order valence-corrected chi connectivity index (χ0v) is 10.5. The second-order valence-corrected chi connectivity index (χ2v) is 5.24. The molecular weight excluding hydrogens is 202 g/mol. The van der Waals surface area contributed by atoms with Crippen LogP contribution in [0.4, 0.5) is 0 Å². The molecule has 3 nitrogen and oxygen atoms in total. The van der Waals surface area contributed by atoms with Gasteiger partial charge in [0.2, 0.25) is 0 Å². The van der Waals surface area contributed by atoms with Crippen LogP contribution in [0.3, 0.4) is 0 Å². The molecule has 0 amide bonds. The summed E-state index contributed by atoms with van der Waals surface area (Å²) in [5, 5.41) is 3.63.